The highest BCUT2D eigenvalue weighted by Gasteiger charge is 2.34. The Morgan fingerprint density at radius 3 is 2.67 bits per heavy atom. The van der Waals surface area contributed by atoms with Gasteiger partial charge in [-0.25, -0.2) is 8.78 Å². The summed E-state index contributed by atoms with van der Waals surface area (Å²) < 4.78 is 26.8. The molecule has 3 nitrogen and oxygen atoms in total. The minimum absolute atomic E-state index is 0.0239. The first-order valence-corrected chi connectivity index (χ1v) is 6.99. The molecule has 104 valence electrons. The zero-order chi connectivity index (χ0) is 13.0. The summed E-state index contributed by atoms with van der Waals surface area (Å²) in [5.74, 6) is -2.11. The number of alkyl halides is 2. The van der Waals surface area contributed by atoms with Crippen LogP contribution in [0.25, 0.3) is 0 Å². The maximum Gasteiger partial charge on any atom is 0.248 e. The topological polar surface area (TPSA) is 50.4 Å². The molecule has 0 spiro atoms. The van der Waals surface area contributed by atoms with Crippen molar-refractivity contribution < 1.29 is 8.78 Å². The number of hydrogen-bond acceptors (Lipinski definition) is 1. The number of hydrogen-bond donors (Lipinski definition) is 2. The van der Waals surface area contributed by atoms with E-state index in [1.807, 2.05) is 0 Å². The highest BCUT2D eigenvalue weighted by Crippen LogP contribution is 2.35. The molecule has 0 bridgehead atoms. The van der Waals surface area contributed by atoms with Crippen LogP contribution in [0.3, 0.4) is 0 Å². The molecule has 2 aliphatic carbocycles. The average Bonchev–Trinajstić information content (AvgIpc) is 2.42. The minimum Gasteiger partial charge on any atom is -0.370 e. The van der Waals surface area contributed by atoms with Crippen molar-refractivity contribution in [2.45, 2.75) is 63.3 Å². The second-order valence-electron chi connectivity index (χ2n) is 5.67. The second kappa shape index (κ2) is 5.85. The van der Waals surface area contributed by atoms with Crippen molar-refractivity contribution in [2.24, 2.45) is 16.6 Å². The number of guanidine groups is 1. The summed E-state index contributed by atoms with van der Waals surface area (Å²) in [6.07, 6.45) is 5.86. The first-order valence-electron chi connectivity index (χ1n) is 6.99. The maximum absolute atomic E-state index is 13.4. The van der Waals surface area contributed by atoms with Crippen molar-refractivity contribution in [1.29, 1.82) is 0 Å². The lowest BCUT2D eigenvalue weighted by Gasteiger charge is -2.27. The molecule has 0 heterocycles. The van der Waals surface area contributed by atoms with Crippen LogP contribution in [0.4, 0.5) is 8.78 Å². The highest BCUT2D eigenvalue weighted by molar-refractivity contribution is 5.78. The van der Waals surface area contributed by atoms with Crippen molar-refractivity contribution in [2.75, 3.05) is 6.54 Å². The number of nitrogens with two attached hydrogens (primary N) is 1. The molecule has 0 saturated heterocycles. The van der Waals surface area contributed by atoms with E-state index < -0.39 is 5.92 Å². The number of halogens is 2. The van der Waals surface area contributed by atoms with Gasteiger partial charge < -0.3 is 11.1 Å². The predicted molar refractivity (Wildman–Crippen MR) is 68.8 cm³/mol. The second-order valence-corrected chi connectivity index (χ2v) is 5.67. The van der Waals surface area contributed by atoms with Gasteiger partial charge in [-0.2, -0.15) is 0 Å². The fourth-order valence-electron chi connectivity index (χ4n) is 2.63. The Morgan fingerprint density at radius 2 is 2.00 bits per heavy atom. The number of nitrogens with one attached hydrogen (secondary N) is 1. The van der Waals surface area contributed by atoms with Crippen LogP contribution in [-0.4, -0.2) is 24.5 Å². The molecule has 0 aromatic heterocycles. The molecule has 3 N–H and O–H groups in total. The zero-order valence-electron chi connectivity index (χ0n) is 10.8. The Morgan fingerprint density at radius 1 is 1.22 bits per heavy atom. The van der Waals surface area contributed by atoms with Gasteiger partial charge in [0.15, 0.2) is 5.96 Å². The quantitative estimate of drug-likeness (QED) is 0.465. The van der Waals surface area contributed by atoms with Gasteiger partial charge >= 0.3 is 0 Å². The van der Waals surface area contributed by atoms with Crippen LogP contribution in [0.1, 0.15) is 51.4 Å². The van der Waals surface area contributed by atoms with Gasteiger partial charge in [0.2, 0.25) is 5.92 Å². The number of aliphatic imine (C=N–C) groups is 1. The summed E-state index contributed by atoms with van der Waals surface area (Å²) >= 11 is 0. The zero-order valence-corrected chi connectivity index (χ0v) is 10.8. The van der Waals surface area contributed by atoms with Gasteiger partial charge in [-0.05, 0) is 38.0 Å². The smallest absolute Gasteiger partial charge is 0.248 e. The fraction of sp³-hybridized carbons (Fsp3) is 0.923. The van der Waals surface area contributed by atoms with Crippen molar-refractivity contribution in [3.8, 4) is 0 Å². The molecular weight excluding hydrogens is 236 g/mol. The van der Waals surface area contributed by atoms with E-state index in [1.165, 1.54) is 6.42 Å². The molecule has 18 heavy (non-hydrogen) atoms. The van der Waals surface area contributed by atoms with Gasteiger partial charge in [0.1, 0.15) is 0 Å². The van der Waals surface area contributed by atoms with E-state index in [0.717, 1.165) is 25.7 Å². The third-order valence-corrected chi connectivity index (χ3v) is 3.97. The lowest BCUT2D eigenvalue weighted by Crippen LogP contribution is -2.43. The first-order chi connectivity index (χ1) is 8.55. The Hall–Kier alpha value is -0.870. The molecule has 1 unspecified atom stereocenters. The number of nitrogens with zero attached hydrogens (tertiary/aromatic N) is 1. The standard InChI is InChI=1S/C13H23F2N3/c14-13(15)7-2-1-4-10(8-13)9-17-12(16)18-11-5-3-6-11/h10-11H,1-9H2,(H3,16,17,18). The molecule has 1 atom stereocenters. The summed E-state index contributed by atoms with van der Waals surface area (Å²) in [7, 11) is 0. The van der Waals surface area contributed by atoms with Crippen LogP contribution in [0.5, 0.6) is 0 Å². The molecule has 2 fully saturated rings. The first kappa shape index (κ1) is 13.6. The molecule has 2 rings (SSSR count). The molecule has 0 aromatic rings. The maximum atomic E-state index is 13.4. The van der Waals surface area contributed by atoms with Crippen LogP contribution >= 0.6 is 0 Å². The summed E-state index contributed by atoms with van der Waals surface area (Å²) in [6.45, 7) is 0.432. The van der Waals surface area contributed by atoms with Gasteiger partial charge in [0, 0.05) is 25.4 Å². The monoisotopic (exact) mass is 259 g/mol. The normalized spacial score (nSPS) is 29.4. The van der Waals surface area contributed by atoms with Crippen molar-refractivity contribution >= 4 is 5.96 Å². The minimum atomic E-state index is -2.51. The van der Waals surface area contributed by atoms with Crippen molar-refractivity contribution in [1.82, 2.24) is 5.32 Å². The Balaban J connectivity index is 1.78. The van der Waals surface area contributed by atoms with Crippen molar-refractivity contribution in [3.05, 3.63) is 0 Å². The van der Waals surface area contributed by atoms with E-state index in [-0.39, 0.29) is 18.8 Å². The summed E-state index contributed by atoms with van der Waals surface area (Å²) in [4.78, 5) is 4.23. The van der Waals surface area contributed by atoms with Gasteiger partial charge in [-0.3, -0.25) is 4.99 Å². The van der Waals surface area contributed by atoms with Crippen LogP contribution in [0.15, 0.2) is 4.99 Å². The van der Waals surface area contributed by atoms with Gasteiger partial charge in [-0.1, -0.05) is 6.42 Å². The van der Waals surface area contributed by atoms with E-state index in [1.54, 1.807) is 0 Å². The molecule has 0 amide bonds. The molecule has 0 aromatic carbocycles. The van der Waals surface area contributed by atoms with E-state index in [4.69, 9.17) is 5.73 Å². The van der Waals surface area contributed by atoms with Crippen LogP contribution < -0.4 is 11.1 Å². The lowest BCUT2D eigenvalue weighted by molar-refractivity contribution is -0.0241. The number of rotatable bonds is 3. The molecule has 0 aliphatic heterocycles. The van der Waals surface area contributed by atoms with E-state index in [9.17, 15) is 8.78 Å². The van der Waals surface area contributed by atoms with Gasteiger partial charge in [0.25, 0.3) is 0 Å². The van der Waals surface area contributed by atoms with Crippen LogP contribution in [-0.2, 0) is 0 Å². The third-order valence-electron chi connectivity index (χ3n) is 3.97. The fourth-order valence-corrected chi connectivity index (χ4v) is 2.63. The SMILES string of the molecule is NC(=NCC1CCCCC(F)(F)C1)NC1CCC1. The van der Waals surface area contributed by atoms with E-state index in [0.29, 0.717) is 25.0 Å². The van der Waals surface area contributed by atoms with Gasteiger partial charge in [0.05, 0.1) is 0 Å². The van der Waals surface area contributed by atoms with Crippen molar-refractivity contribution in [3.63, 3.8) is 0 Å². The van der Waals surface area contributed by atoms with E-state index >= 15 is 0 Å². The van der Waals surface area contributed by atoms with Gasteiger partial charge in [-0.15, -0.1) is 0 Å². The van der Waals surface area contributed by atoms with Crippen LogP contribution in [0, 0.1) is 5.92 Å². The van der Waals surface area contributed by atoms with E-state index in [2.05, 4.69) is 10.3 Å². The highest BCUT2D eigenvalue weighted by atomic mass is 19.3. The summed E-state index contributed by atoms with van der Waals surface area (Å²) in [5.41, 5.74) is 5.76. The molecular formula is C13H23F2N3. The average molecular weight is 259 g/mol. The Labute approximate surface area is 107 Å². The molecule has 0 radical (unpaired) electrons. The lowest BCUT2D eigenvalue weighted by atomic mass is 9.93. The largest absolute Gasteiger partial charge is 0.370 e. The Bertz CT molecular complexity index is 301. The third kappa shape index (κ3) is 4.10. The summed E-state index contributed by atoms with van der Waals surface area (Å²) in [5, 5.41) is 3.13. The van der Waals surface area contributed by atoms with Crippen LogP contribution in [0.2, 0.25) is 0 Å². The molecule has 2 saturated carbocycles. The Kier molecular flexibility index (Phi) is 4.40. The predicted octanol–water partition coefficient (Wildman–Crippen LogP) is 2.66. The summed E-state index contributed by atoms with van der Waals surface area (Å²) in [6, 6.07) is 0.448. The molecule has 5 heteroatoms. The molecule has 2 aliphatic rings.